The molecule has 0 saturated carbocycles. The molecule has 1 aromatic carbocycles. The van der Waals surface area contributed by atoms with Crippen molar-refractivity contribution in [1.82, 2.24) is 14.9 Å². The molecule has 4 N–H and O–H groups in total. The highest BCUT2D eigenvalue weighted by molar-refractivity contribution is 7.98. The van der Waals surface area contributed by atoms with Crippen molar-refractivity contribution in [3.63, 3.8) is 0 Å². The standard InChI is InChI=1S/C19H25N5O3S/c1-12-6-7-13(10-14(12)18(26)24-8-4-3-5-9-24)21-16-15(27-11-20)17(25)23-19(22-16)28-2/h6-7,10H,3-5,8-9,11,20H2,1-2H3,(H2,21,22,23,25). The van der Waals surface area contributed by atoms with E-state index in [-0.39, 0.29) is 24.2 Å². The first-order valence-electron chi connectivity index (χ1n) is 9.21. The summed E-state index contributed by atoms with van der Waals surface area (Å²) in [6.07, 6.45) is 5.06. The molecule has 0 atom stereocenters. The number of amides is 1. The highest BCUT2D eigenvalue weighted by Crippen LogP contribution is 2.26. The summed E-state index contributed by atoms with van der Waals surface area (Å²) in [5, 5.41) is 3.55. The van der Waals surface area contributed by atoms with Crippen LogP contribution in [0.1, 0.15) is 35.2 Å². The summed E-state index contributed by atoms with van der Waals surface area (Å²) in [4.78, 5) is 34.1. The maximum absolute atomic E-state index is 12.9. The van der Waals surface area contributed by atoms with Gasteiger partial charge < -0.3 is 15.0 Å². The number of hydrogen-bond donors (Lipinski definition) is 3. The quantitative estimate of drug-likeness (QED) is 0.386. The summed E-state index contributed by atoms with van der Waals surface area (Å²) in [5.74, 6) is 0.312. The first-order valence-corrected chi connectivity index (χ1v) is 10.4. The number of nitrogens with two attached hydrogens (primary N) is 1. The molecule has 2 aromatic rings. The predicted molar refractivity (Wildman–Crippen MR) is 111 cm³/mol. The van der Waals surface area contributed by atoms with Crippen LogP contribution >= 0.6 is 11.8 Å². The average molecular weight is 404 g/mol. The molecule has 1 amide bonds. The third-order valence-electron chi connectivity index (χ3n) is 4.65. The van der Waals surface area contributed by atoms with Gasteiger partial charge in [-0.3, -0.25) is 20.3 Å². The number of nitrogens with zero attached hydrogens (tertiary/aromatic N) is 2. The number of aryl methyl sites for hydroxylation is 1. The second kappa shape index (κ2) is 9.11. The second-order valence-corrected chi connectivity index (χ2v) is 7.37. The van der Waals surface area contributed by atoms with Crippen LogP contribution in [0.3, 0.4) is 0 Å². The average Bonchev–Trinajstić information content (AvgIpc) is 2.71. The Bertz CT molecular complexity index is 909. The van der Waals surface area contributed by atoms with Gasteiger partial charge >= 0.3 is 0 Å². The molecular formula is C19H25N5O3S. The van der Waals surface area contributed by atoms with Crippen molar-refractivity contribution in [3.8, 4) is 5.75 Å². The van der Waals surface area contributed by atoms with Crippen LogP contribution in [0.25, 0.3) is 0 Å². The van der Waals surface area contributed by atoms with Crippen molar-refractivity contribution in [2.24, 2.45) is 5.73 Å². The van der Waals surface area contributed by atoms with Crippen molar-refractivity contribution < 1.29 is 9.53 Å². The maximum Gasteiger partial charge on any atom is 0.296 e. The number of H-pyrrole nitrogens is 1. The van der Waals surface area contributed by atoms with E-state index < -0.39 is 5.56 Å². The van der Waals surface area contributed by atoms with E-state index >= 15 is 0 Å². The molecule has 0 radical (unpaired) electrons. The largest absolute Gasteiger partial charge is 0.469 e. The monoisotopic (exact) mass is 403 g/mol. The first-order chi connectivity index (χ1) is 13.5. The minimum atomic E-state index is -0.413. The minimum Gasteiger partial charge on any atom is -0.469 e. The molecular weight excluding hydrogens is 378 g/mol. The summed E-state index contributed by atoms with van der Waals surface area (Å²) in [6, 6.07) is 5.52. The van der Waals surface area contributed by atoms with E-state index in [0.717, 1.165) is 31.5 Å². The number of ether oxygens (including phenoxy) is 1. The zero-order valence-electron chi connectivity index (χ0n) is 16.1. The summed E-state index contributed by atoms with van der Waals surface area (Å²) >= 11 is 1.31. The molecule has 1 aromatic heterocycles. The Hall–Kier alpha value is -2.52. The van der Waals surface area contributed by atoms with Crippen molar-refractivity contribution in [3.05, 3.63) is 39.7 Å². The van der Waals surface area contributed by atoms with Crippen molar-refractivity contribution >= 4 is 29.2 Å². The molecule has 0 bridgehead atoms. The van der Waals surface area contributed by atoms with Gasteiger partial charge in [-0.05, 0) is 50.1 Å². The van der Waals surface area contributed by atoms with Crippen LogP contribution in [0.2, 0.25) is 0 Å². The van der Waals surface area contributed by atoms with Crippen LogP contribution in [0, 0.1) is 6.92 Å². The predicted octanol–water partition coefficient (Wildman–Crippen LogP) is 2.46. The zero-order chi connectivity index (χ0) is 20.1. The fourth-order valence-corrected chi connectivity index (χ4v) is 3.55. The van der Waals surface area contributed by atoms with Crippen LogP contribution in [0.5, 0.6) is 5.75 Å². The normalized spacial score (nSPS) is 14.0. The number of anilines is 2. The summed E-state index contributed by atoms with van der Waals surface area (Å²) in [7, 11) is 0. The molecule has 9 heteroatoms. The van der Waals surface area contributed by atoms with E-state index in [1.54, 1.807) is 6.07 Å². The van der Waals surface area contributed by atoms with E-state index in [4.69, 9.17) is 10.5 Å². The van der Waals surface area contributed by atoms with Crippen LogP contribution in [0.4, 0.5) is 11.5 Å². The summed E-state index contributed by atoms with van der Waals surface area (Å²) in [5.41, 5.74) is 7.23. The van der Waals surface area contributed by atoms with E-state index in [0.29, 0.717) is 16.4 Å². The number of carbonyl (C=O) groups excluding carboxylic acids is 1. The number of rotatable bonds is 6. The van der Waals surface area contributed by atoms with Crippen LogP contribution in [-0.2, 0) is 0 Å². The molecule has 0 unspecified atom stereocenters. The minimum absolute atomic E-state index is 0.0183. The van der Waals surface area contributed by atoms with Gasteiger partial charge in [-0.1, -0.05) is 17.8 Å². The zero-order valence-corrected chi connectivity index (χ0v) is 16.9. The number of aromatic amines is 1. The molecule has 1 aliphatic heterocycles. The van der Waals surface area contributed by atoms with E-state index in [2.05, 4.69) is 15.3 Å². The molecule has 150 valence electrons. The Kier molecular flexibility index (Phi) is 6.58. The molecule has 3 rings (SSSR count). The Labute approximate surface area is 167 Å². The third kappa shape index (κ3) is 4.48. The number of nitrogens with one attached hydrogen (secondary N) is 2. The summed E-state index contributed by atoms with van der Waals surface area (Å²) in [6.45, 7) is 3.35. The molecule has 1 fully saturated rings. The lowest BCUT2D eigenvalue weighted by Gasteiger charge is -2.27. The molecule has 8 nitrogen and oxygen atoms in total. The van der Waals surface area contributed by atoms with Gasteiger partial charge in [-0.2, -0.15) is 0 Å². The van der Waals surface area contributed by atoms with Crippen LogP contribution in [0.15, 0.2) is 28.2 Å². The Morgan fingerprint density at radius 3 is 2.79 bits per heavy atom. The Morgan fingerprint density at radius 1 is 1.36 bits per heavy atom. The van der Waals surface area contributed by atoms with E-state index in [1.165, 1.54) is 18.2 Å². The molecule has 28 heavy (non-hydrogen) atoms. The second-order valence-electron chi connectivity index (χ2n) is 6.57. The number of likely N-dealkylation sites (tertiary alicyclic amines) is 1. The first kappa shape index (κ1) is 20.2. The van der Waals surface area contributed by atoms with Gasteiger partial charge in [0.15, 0.2) is 11.0 Å². The number of benzene rings is 1. The maximum atomic E-state index is 12.9. The fourth-order valence-electron chi connectivity index (χ4n) is 3.17. The molecule has 1 saturated heterocycles. The number of hydrogen-bond acceptors (Lipinski definition) is 7. The lowest BCUT2D eigenvalue weighted by molar-refractivity contribution is 0.0723. The van der Waals surface area contributed by atoms with Gasteiger partial charge in [0.05, 0.1) is 0 Å². The third-order valence-corrected chi connectivity index (χ3v) is 5.23. The van der Waals surface area contributed by atoms with E-state index in [9.17, 15) is 9.59 Å². The van der Waals surface area contributed by atoms with Gasteiger partial charge in [0.25, 0.3) is 11.5 Å². The van der Waals surface area contributed by atoms with Gasteiger partial charge in [0.1, 0.15) is 6.73 Å². The number of aromatic nitrogens is 2. The fraction of sp³-hybridized carbons (Fsp3) is 0.421. The van der Waals surface area contributed by atoms with Gasteiger partial charge in [-0.25, -0.2) is 4.98 Å². The van der Waals surface area contributed by atoms with Crippen molar-refractivity contribution in [2.75, 3.05) is 31.4 Å². The number of piperidine rings is 1. The van der Waals surface area contributed by atoms with Crippen LogP contribution in [-0.4, -0.2) is 46.9 Å². The number of thioether (sulfide) groups is 1. The Morgan fingerprint density at radius 2 is 2.11 bits per heavy atom. The lowest BCUT2D eigenvalue weighted by Crippen LogP contribution is -2.36. The van der Waals surface area contributed by atoms with Crippen molar-refractivity contribution in [2.45, 2.75) is 31.3 Å². The van der Waals surface area contributed by atoms with E-state index in [1.807, 2.05) is 30.2 Å². The summed E-state index contributed by atoms with van der Waals surface area (Å²) < 4.78 is 5.26. The topological polar surface area (TPSA) is 113 Å². The molecule has 0 aliphatic carbocycles. The number of carbonyl (C=O) groups is 1. The Balaban J connectivity index is 1.92. The SMILES string of the molecule is CSc1nc(Nc2ccc(C)c(C(=O)N3CCCCC3)c2)c(OCN)c(=O)[nH]1. The van der Waals surface area contributed by atoms with Crippen molar-refractivity contribution in [1.29, 1.82) is 0 Å². The smallest absolute Gasteiger partial charge is 0.296 e. The highest BCUT2D eigenvalue weighted by atomic mass is 32.2. The van der Waals surface area contributed by atoms with Crippen LogP contribution < -0.4 is 21.3 Å². The molecule has 1 aliphatic rings. The molecule has 0 spiro atoms. The lowest BCUT2D eigenvalue weighted by atomic mass is 10.0. The molecule has 2 heterocycles. The van der Waals surface area contributed by atoms with Gasteiger partial charge in [0, 0.05) is 24.3 Å². The van der Waals surface area contributed by atoms with Gasteiger partial charge in [0.2, 0.25) is 5.75 Å². The van der Waals surface area contributed by atoms with Gasteiger partial charge in [-0.15, -0.1) is 0 Å². The highest BCUT2D eigenvalue weighted by Gasteiger charge is 2.20.